The molecule has 0 aliphatic carbocycles. The summed E-state index contributed by atoms with van der Waals surface area (Å²) in [6.45, 7) is 22.3. The van der Waals surface area contributed by atoms with E-state index in [2.05, 4.69) is 26.3 Å². The smallest absolute Gasteiger partial charge is 0.550 e. The predicted octanol–water partition coefficient (Wildman–Crippen LogP) is 1.14. The number of carboxylic acids is 2. The Balaban J connectivity index is -0.000000727. The van der Waals surface area contributed by atoms with Crippen molar-refractivity contribution in [1.29, 1.82) is 0 Å². The first-order valence-electron chi connectivity index (χ1n) is 13.0. The summed E-state index contributed by atoms with van der Waals surface area (Å²) >= 11 is 0. The Hall–Kier alpha value is -2.96. The maximum atomic E-state index is 11.4. The summed E-state index contributed by atoms with van der Waals surface area (Å²) in [5, 5.41) is 22.7. The molecular formula is C30H42CaO12. The predicted molar refractivity (Wildman–Crippen MR) is 153 cm³/mol. The van der Waals surface area contributed by atoms with E-state index >= 15 is 0 Å². The maximum absolute atomic E-state index is 11.4. The van der Waals surface area contributed by atoms with Gasteiger partial charge in [0.2, 0.25) is 0 Å². The molecule has 0 rings (SSSR count). The van der Waals surface area contributed by atoms with E-state index < -0.39 is 71.1 Å². The Morgan fingerprint density at radius 3 is 0.814 bits per heavy atom. The summed E-state index contributed by atoms with van der Waals surface area (Å²) in [4.78, 5) is 67.1. The summed E-state index contributed by atoms with van der Waals surface area (Å²) in [7, 11) is 0. The summed E-state index contributed by atoms with van der Waals surface area (Å²) in [6.07, 6.45) is 1.58. The van der Waals surface area contributed by atoms with E-state index in [0.717, 1.165) is 24.3 Å². The van der Waals surface area contributed by atoms with Crippen molar-refractivity contribution in [3.63, 3.8) is 0 Å². The van der Waals surface area contributed by atoms with Gasteiger partial charge in [0.05, 0.1) is 0 Å². The van der Waals surface area contributed by atoms with Crippen LogP contribution in [0.2, 0.25) is 0 Å². The SMILES string of the molecule is C=CC(=O)OC(C)CC(C)(CC(C)OC(=O)C=C)C(=O)[O-].C=CC(=O)OC(C)CC(C)(CC(C)OC(=O)C=C)C(=O)[O-].[Ca+2]. The largest absolute Gasteiger partial charge is 2.00 e. The van der Waals surface area contributed by atoms with Gasteiger partial charge in [0.25, 0.3) is 0 Å². The summed E-state index contributed by atoms with van der Waals surface area (Å²) in [5.74, 6) is -5.12. The van der Waals surface area contributed by atoms with Crippen LogP contribution in [0.25, 0.3) is 0 Å². The minimum atomic E-state index is -1.30. The molecule has 236 valence electrons. The first-order valence-corrected chi connectivity index (χ1v) is 13.0. The molecule has 12 nitrogen and oxygen atoms in total. The van der Waals surface area contributed by atoms with E-state index in [1.165, 1.54) is 13.8 Å². The zero-order valence-electron chi connectivity index (χ0n) is 25.9. The van der Waals surface area contributed by atoms with E-state index in [0.29, 0.717) is 0 Å². The van der Waals surface area contributed by atoms with Gasteiger partial charge < -0.3 is 38.7 Å². The molecule has 0 heterocycles. The average Bonchev–Trinajstić information content (AvgIpc) is 2.87. The maximum Gasteiger partial charge on any atom is 2.00 e. The molecule has 4 unspecified atom stereocenters. The van der Waals surface area contributed by atoms with Gasteiger partial charge in [-0.05, 0) is 53.4 Å². The molecule has 0 bridgehead atoms. The third-order valence-electron chi connectivity index (χ3n) is 5.87. The third-order valence-corrected chi connectivity index (χ3v) is 5.87. The van der Waals surface area contributed by atoms with Gasteiger partial charge in [-0.15, -0.1) is 0 Å². The number of hydrogen-bond donors (Lipinski definition) is 0. The molecular weight excluding hydrogens is 592 g/mol. The van der Waals surface area contributed by atoms with Crippen molar-refractivity contribution >= 4 is 73.6 Å². The third kappa shape index (κ3) is 19.0. The van der Waals surface area contributed by atoms with Gasteiger partial charge in [-0.3, -0.25) is 0 Å². The number of carboxylic acid groups (broad SMARTS) is 2. The Morgan fingerprint density at radius 1 is 0.535 bits per heavy atom. The van der Waals surface area contributed by atoms with Gasteiger partial charge in [-0.1, -0.05) is 40.2 Å². The fraction of sp³-hybridized carbons (Fsp3) is 0.533. The average molecular weight is 635 g/mol. The van der Waals surface area contributed by atoms with E-state index in [4.69, 9.17) is 18.9 Å². The topological polar surface area (TPSA) is 185 Å². The van der Waals surface area contributed by atoms with Crippen LogP contribution in [-0.2, 0) is 47.7 Å². The van der Waals surface area contributed by atoms with Crippen LogP contribution in [0.1, 0.15) is 67.2 Å². The molecule has 4 atom stereocenters. The van der Waals surface area contributed by atoms with Crippen LogP contribution in [0.4, 0.5) is 0 Å². The van der Waals surface area contributed by atoms with E-state index in [-0.39, 0.29) is 63.4 Å². The molecule has 13 heteroatoms. The zero-order valence-corrected chi connectivity index (χ0v) is 28.1. The van der Waals surface area contributed by atoms with Gasteiger partial charge in [-0.2, -0.15) is 0 Å². The second-order valence-corrected chi connectivity index (χ2v) is 10.3. The van der Waals surface area contributed by atoms with Crippen molar-refractivity contribution < 1.29 is 57.9 Å². The molecule has 0 aromatic heterocycles. The van der Waals surface area contributed by atoms with Crippen LogP contribution < -0.4 is 10.2 Å². The number of esters is 4. The van der Waals surface area contributed by atoms with Crippen LogP contribution in [0.15, 0.2) is 50.6 Å². The van der Waals surface area contributed by atoms with Crippen molar-refractivity contribution in [1.82, 2.24) is 0 Å². The second kappa shape index (κ2) is 21.7. The molecule has 0 aliphatic heterocycles. The quantitative estimate of drug-likeness (QED) is 0.0907. The molecule has 0 aromatic carbocycles. The number of hydrogen-bond acceptors (Lipinski definition) is 12. The molecule has 0 aliphatic rings. The van der Waals surface area contributed by atoms with Crippen molar-refractivity contribution in [2.24, 2.45) is 10.8 Å². The van der Waals surface area contributed by atoms with Crippen LogP contribution in [0.5, 0.6) is 0 Å². The van der Waals surface area contributed by atoms with Crippen molar-refractivity contribution in [3.8, 4) is 0 Å². The summed E-state index contributed by atoms with van der Waals surface area (Å²) in [6, 6.07) is 0. The van der Waals surface area contributed by atoms with Crippen molar-refractivity contribution in [2.45, 2.75) is 91.6 Å². The molecule has 0 fully saturated rings. The molecule has 0 aromatic rings. The number of carbonyl (C=O) groups is 6. The molecule has 0 saturated heterocycles. The molecule has 0 amide bonds. The molecule has 43 heavy (non-hydrogen) atoms. The normalized spacial score (nSPS) is 15.6. The van der Waals surface area contributed by atoms with Crippen LogP contribution in [0.3, 0.4) is 0 Å². The van der Waals surface area contributed by atoms with E-state index in [1.807, 2.05) is 0 Å². The molecule has 0 saturated carbocycles. The van der Waals surface area contributed by atoms with Gasteiger partial charge >= 0.3 is 61.6 Å². The molecule has 0 spiro atoms. The minimum Gasteiger partial charge on any atom is -0.550 e. The van der Waals surface area contributed by atoms with Crippen LogP contribution in [0, 0.1) is 10.8 Å². The first-order chi connectivity index (χ1) is 19.3. The van der Waals surface area contributed by atoms with Crippen LogP contribution >= 0.6 is 0 Å². The standard InChI is InChI=1S/2C15H22O6.Ca/c2*1-6-12(16)20-10(3)8-15(5,14(18)19)9-11(4)21-13(17)7-2;/h2*6-7,10-11H,1-2,8-9H2,3-5H3,(H,18,19);/q;;+2/p-2. The number of aliphatic carboxylic acids is 2. The molecule has 0 N–H and O–H groups in total. The van der Waals surface area contributed by atoms with Crippen molar-refractivity contribution in [2.75, 3.05) is 0 Å². The van der Waals surface area contributed by atoms with E-state index in [9.17, 15) is 39.0 Å². The Morgan fingerprint density at radius 2 is 0.698 bits per heavy atom. The van der Waals surface area contributed by atoms with Crippen molar-refractivity contribution in [3.05, 3.63) is 50.6 Å². The summed E-state index contributed by atoms with van der Waals surface area (Å²) < 4.78 is 19.8. The van der Waals surface area contributed by atoms with Gasteiger partial charge in [0, 0.05) is 47.1 Å². The summed E-state index contributed by atoms with van der Waals surface area (Å²) in [5.41, 5.74) is -2.61. The minimum absolute atomic E-state index is 0. The zero-order chi connectivity index (χ0) is 33.3. The van der Waals surface area contributed by atoms with Crippen LogP contribution in [-0.4, -0.2) is 98.0 Å². The first kappa shape index (κ1) is 44.5. The molecule has 0 radical (unpaired) electrons. The van der Waals surface area contributed by atoms with Gasteiger partial charge in [0.1, 0.15) is 24.4 Å². The Kier molecular flexibility index (Phi) is 22.4. The number of carbonyl (C=O) groups excluding carboxylic acids is 6. The van der Waals surface area contributed by atoms with Gasteiger partial charge in [0.15, 0.2) is 0 Å². The Bertz CT molecular complexity index is 879. The monoisotopic (exact) mass is 634 g/mol. The second-order valence-electron chi connectivity index (χ2n) is 10.3. The van der Waals surface area contributed by atoms with E-state index in [1.54, 1.807) is 27.7 Å². The fourth-order valence-corrected chi connectivity index (χ4v) is 4.19. The number of rotatable bonds is 18. The number of ether oxygens (including phenoxy) is 4. The fourth-order valence-electron chi connectivity index (χ4n) is 4.19. The Labute approximate surface area is 283 Å². The van der Waals surface area contributed by atoms with Gasteiger partial charge in [-0.25, -0.2) is 19.2 Å².